The van der Waals surface area contributed by atoms with Crippen LogP contribution in [0.25, 0.3) is 0 Å². The molecule has 2 rings (SSSR count). The Morgan fingerprint density at radius 3 is 2.55 bits per heavy atom. The highest BCUT2D eigenvalue weighted by Gasteiger charge is 2.36. The summed E-state index contributed by atoms with van der Waals surface area (Å²) in [4.78, 5) is 3.85. The lowest BCUT2D eigenvalue weighted by atomic mass is 9.86. The Bertz CT molecular complexity index is 470. The van der Waals surface area contributed by atoms with Crippen molar-refractivity contribution in [3.63, 3.8) is 0 Å². The minimum Gasteiger partial charge on any atom is -0.369 e. The molecule has 112 valence electrons. The van der Waals surface area contributed by atoms with Crippen molar-refractivity contribution in [2.45, 2.75) is 31.9 Å². The van der Waals surface area contributed by atoms with Crippen LogP contribution in [0, 0.1) is 5.41 Å². The van der Waals surface area contributed by atoms with Gasteiger partial charge in [0.2, 0.25) is 0 Å². The zero-order valence-corrected chi connectivity index (χ0v) is 12.5. The zero-order valence-electron chi connectivity index (χ0n) is 10.9. The molecule has 1 heterocycles. The average molecular weight is 352 g/mol. The van der Waals surface area contributed by atoms with Crippen molar-refractivity contribution >= 4 is 21.7 Å². The van der Waals surface area contributed by atoms with E-state index < -0.39 is 11.7 Å². The maximum atomic E-state index is 13.0. The molecule has 1 aromatic heterocycles. The van der Waals surface area contributed by atoms with Crippen molar-refractivity contribution in [2.24, 2.45) is 11.1 Å². The predicted octanol–water partition coefficient (Wildman–Crippen LogP) is 3.79. The van der Waals surface area contributed by atoms with E-state index in [9.17, 15) is 13.2 Å². The molecule has 3 N–H and O–H groups in total. The van der Waals surface area contributed by atoms with Gasteiger partial charge in [0, 0.05) is 17.2 Å². The van der Waals surface area contributed by atoms with Gasteiger partial charge in [-0.3, -0.25) is 0 Å². The molecule has 0 saturated heterocycles. The van der Waals surface area contributed by atoms with Gasteiger partial charge in [-0.1, -0.05) is 12.8 Å². The SMILES string of the molecule is NCC1(CNc2ncc(Br)cc2C(F)(F)F)CCCC1. The molecule has 0 bridgehead atoms. The highest BCUT2D eigenvalue weighted by Crippen LogP contribution is 2.39. The first kappa shape index (κ1) is 15.6. The lowest BCUT2D eigenvalue weighted by Crippen LogP contribution is -2.35. The van der Waals surface area contributed by atoms with Gasteiger partial charge in [-0.05, 0) is 46.8 Å². The Hall–Kier alpha value is -0.820. The molecular formula is C13H17BrF3N3. The van der Waals surface area contributed by atoms with Gasteiger partial charge >= 0.3 is 6.18 Å². The van der Waals surface area contributed by atoms with Gasteiger partial charge in [0.1, 0.15) is 5.82 Å². The van der Waals surface area contributed by atoms with Crippen LogP contribution in [0.15, 0.2) is 16.7 Å². The van der Waals surface area contributed by atoms with Crippen LogP contribution in [0.3, 0.4) is 0 Å². The minimum atomic E-state index is -4.43. The molecule has 1 aromatic rings. The molecule has 1 aliphatic rings. The monoisotopic (exact) mass is 351 g/mol. The van der Waals surface area contributed by atoms with E-state index in [1.54, 1.807) is 0 Å². The molecule has 0 spiro atoms. The van der Waals surface area contributed by atoms with Gasteiger partial charge in [-0.25, -0.2) is 4.98 Å². The van der Waals surface area contributed by atoms with Crippen LogP contribution in [0.4, 0.5) is 19.0 Å². The quantitative estimate of drug-likeness (QED) is 0.867. The summed E-state index contributed by atoms with van der Waals surface area (Å²) in [5, 5.41) is 2.85. The predicted molar refractivity (Wildman–Crippen MR) is 75.4 cm³/mol. The highest BCUT2D eigenvalue weighted by molar-refractivity contribution is 9.10. The largest absolute Gasteiger partial charge is 0.419 e. The van der Waals surface area contributed by atoms with E-state index >= 15 is 0 Å². The average Bonchev–Trinajstić information content (AvgIpc) is 2.86. The molecule has 0 amide bonds. The van der Waals surface area contributed by atoms with Crippen LogP contribution in [0.1, 0.15) is 31.2 Å². The van der Waals surface area contributed by atoms with Crippen molar-refractivity contribution in [3.8, 4) is 0 Å². The van der Waals surface area contributed by atoms with Gasteiger partial charge < -0.3 is 11.1 Å². The second-order valence-corrected chi connectivity index (χ2v) is 6.23. The van der Waals surface area contributed by atoms with Gasteiger partial charge in [0.05, 0.1) is 5.56 Å². The van der Waals surface area contributed by atoms with Crippen LogP contribution >= 0.6 is 15.9 Å². The molecule has 1 saturated carbocycles. The van der Waals surface area contributed by atoms with Gasteiger partial charge in [-0.15, -0.1) is 0 Å². The van der Waals surface area contributed by atoms with E-state index in [1.165, 1.54) is 6.20 Å². The lowest BCUT2D eigenvalue weighted by Gasteiger charge is -2.28. The maximum absolute atomic E-state index is 13.0. The highest BCUT2D eigenvalue weighted by atomic mass is 79.9. The number of nitrogens with zero attached hydrogens (tertiary/aromatic N) is 1. The van der Waals surface area contributed by atoms with Crippen molar-refractivity contribution < 1.29 is 13.2 Å². The Morgan fingerprint density at radius 1 is 1.35 bits per heavy atom. The lowest BCUT2D eigenvalue weighted by molar-refractivity contribution is -0.137. The summed E-state index contributed by atoms with van der Waals surface area (Å²) in [5.41, 5.74) is 4.94. The number of anilines is 1. The van der Waals surface area contributed by atoms with Crippen LogP contribution in [-0.4, -0.2) is 18.1 Å². The molecule has 0 radical (unpaired) electrons. The Labute approximate surface area is 124 Å². The van der Waals surface area contributed by atoms with Gasteiger partial charge in [0.15, 0.2) is 0 Å². The van der Waals surface area contributed by atoms with E-state index in [-0.39, 0.29) is 11.2 Å². The van der Waals surface area contributed by atoms with Crippen LogP contribution < -0.4 is 11.1 Å². The topological polar surface area (TPSA) is 50.9 Å². The molecule has 0 aromatic carbocycles. The number of nitrogens with one attached hydrogen (secondary N) is 1. The summed E-state index contributed by atoms with van der Waals surface area (Å²) in [5.74, 6) is -0.125. The number of hydrogen-bond acceptors (Lipinski definition) is 3. The number of pyridine rings is 1. The molecular weight excluding hydrogens is 335 g/mol. The third kappa shape index (κ3) is 3.44. The number of alkyl halides is 3. The summed E-state index contributed by atoms with van der Waals surface area (Å²) < 4.78 is 39.3. The fourth-order valence-electron chi connectivity index (χ4n) is 2.65. The number of hydrogen-bond donors (Lipinski definition) is 2. The number of aromatic nitrogens is 1. The van der Waals surface area contributed by atoms with Crippen molar-refractivity contribution in [3.05, 3.63) is 22.3 Å². The summed E-state index contributed by atoms with van der Waals surface area (Å²) in [6.07, 6.45) is 1.01. The normalized spacial score (nSPS) is 18.2. The molecule has 3 nitrogen and oxygen atoms in total. The van der Waals surface area contributed by atoms with Crippen LogP contribution in [0.5, 0.6) is 0 Å². The molecule has 7 heteroatoms. The van der Waals surface area contributed by atoms with Crippen LogP contribution in [0.2, 0.25) is 0 Å². The van der Waals surface area contributed by atoms with Gasteiger partial charge in [-0.2, -0.15) is 13.2 Å². The summed E-state index contributed by atoms with van der Waals surface area (Å²) in [7, 11) is 0. The summed E-state index contributed by atoms with van der Waals surface area (Å²) in [6.45, 7) is 0.916. The molecule has 20 heavy (non-hydrogen) atoms. The maximum Gasteiger partial charge on any atom is 0.419 e. The fraction of sp³-hybridized carbons (Fsp3) is 0.615. The molecule has 1 fully saturated rings. The first-order valence-electron chi connectivity index (χ1n) is 6.53. The third-order valence-electron chi connectivity index (χ3n) is 3.89. The standard InChI is InChI=1S/C13H17BrF3N3/c14-9-5-10(13(15,16)17)11(19-6-9)20-8-12(7-18)3-1-2-4-12/h5-6H,1-4,7-8,18H2,(H,19,20). The first-order chi connectivity index (χ1) is 9.36. The molecule has 0 atom stereocenters. The van der Waals surface area contributed by atoms with E-state index in [0.717, 1.165) is 31.7 Å². The smallest absolute Gasteiger partial charge is 0.369 e. The minimum absolute atomic E-state index is 0.0996. The van der Waals surface area contributed by atoms with Crippen molar-refractivity contribution in [1.82, 2.24) is 4.98 Å². The second-order valence-electron chi connectivity index (χ2n) is 5.31. The van der Waals surface area contributed by atoms with E-state index in [2.05, 4.69) is 26.2 Å². The Morgan fingerprint density at radius 2 is 2.00 bits per heavy atom. The van der Waals surface area contributed by atoms with E-state index in [4.69, 9.17) is 5.73 Å². The second kappa shape index (κ2) is 5.89. The molecule has 0 aliphatic heterocycles. The van der Waals surface area contributed by atoms with Gasteiger partial charge in [0.25, 0.3) is 0 Å². The Balaban J connectivity index is 2.17. The Kier molecular flexibility index (Phi) is 4.59. The van der Waals surface area contributed by atoms with Crippen molar-refractivity contribution in [2.75, 3.05) is 18.4 Å². The molecule has 1 aliphatic carbocycles. The third-order valence-corrected chi connectivity index (χ3v) is 4.32. The zero-order chi connectivity index (χ0) is 14.8. The number of rotatable bonds is 4. The number of nitrogens with two attached hydrogens (primary N) is 1. The van der Waals surface area contributed by atoms with E-state index in [0.29, 0.717) is 17.6 Å². The fourth-order valence-corrected chi connectivity index (χ4v) is 2.98. The van der Waals surface area contributed by atoms with E-state index in [1.807, 2.05) is 0 Å². The molecule has 0 unspecified atom stereocenters. The summed E-state index contributed by atoms with van der Waals surface area (Å²) >= 11 is 3.02. The van der Waals surface area contributed by atoms with Crippen LogP contribution in [-0.2, 0) is 6.18 Å². The van der Waals surface area contributed by atoms with Crippen molar-refractivity contribution in [1.29, 1.82) is 0 Å². The summed E-state index contributed by atoms with van der Waals surface area (Å²) in [6, 6.07) is 1.04. The number of halogens is 4. The first-order valence-corrected chi connectivity index (χ1v) is 7.32.